The molecule has 4 unspecified atom stereocenters. The van der Waals surface area contributed by atoms with Crippen molar-refractivity contribution in [1.82, 2.24) is 0 Å². The lowest BCUT2D eigenvalue weighted by molar-refractivity contribution is -0.0873. The molecule has 7 N–H and O–H groups in total. The number of nitrogens with two attached hydrogens (primary N) is 1. The highest BCUT2D eigenvalue weighted by Gasteiger charge is 2.28. The Balaban J connectivity index is 0. The topological polar surface area (TPSA) is 127 Å². The molecule has 6 nitrogen and oxygen atoms in total. The van der Waals surface area contributed by atoms with Crippen molar-refractivity contribution in [2.75, 3.05) is 13.2 Å². The van der Waals surface area contributed by atoms with E-state index >= 15 is 0 Å². The molecule has 0 spiro atoms. The lowest BCUT2D eigenvalue weighted by atomic mass is 10.0. The number of rotatable bonds is 5. The number of aliphatic hydroxyl groups is 5. The minimum atomic E-state index is -1.54. The molecular weight excluding hydrogens is 202 g/mol. The minimum Gasteiger partial charge on any atom is -0.395 e. The predicted octanol–water partition coefficient (Wildman–Crippen LogP) is -3.20. The molecule has 0 amide bonds. The first-order valence-electron chi connectivity index (χ1n) is 3.56. The third-order valence-corrected chi connectivity index (χ3v) is 1.58. The van der Waals surface area contributed by atoms with Crippen LogP contribution in [0.3, 0.4) is 0 Å². The van der Waals surface area contributed by atoms with E-state index in [1.165, 1.54) is 0 Å². The van der Waals surface area contributed by atoms with Crippen molar-refractivity contribution in [2.24, 2.45) is 5.73 Å². The van der Waals surface area contributed by atoms with Crippen LogP contribution in [0.5, 0.6) is 0 Å². The fraction of sp³-hybridized carbons (Fsp3) is 1.00. The lowest BCUT2D eigenvalue weighted by Crippen LogP contribution is -2.50. The smallest absolute Gasteiger partial charge is 0.110 e. The van der Waals surface area contributed by atoms with Crippen molar-refractivity contribution >= 4 is 12.4 Å². The molecule has 0 fully saturated rings. The van der Waals surface area contributed by atoms with Gasteiger partial charge in [0.2, 0.25) is 0 Å². The molecule has 0 bridgehead atoms. The largest absolute Gasteiger partial charge is 0.395 e. The average molecular weight is 218 g/mol. The van der Waals surface area contributed by atoms with Crippen LogP contribution in [0.25, 0.3) is 0 Å². The van der Waals surface area contributed by atoms with E-state index in [1.807, 2.05) is 0 Å². The van der Waals surface area contributed by atoms with E-state index in [0.717, 1.165) is 0 Å². The SMILES string of the molecule is Cl.NC(CO)C(O)C(O)C(O)CO. The molecule has 0 heterocycles. The Bertz CT molecular complexity index is 114. The van der Waals surface area contributed by atoms with Crippen LogP contribution in [0.15, 0.2) is 0 Å². The van der Waals surface area contributed by atoms with Gasteiger partial charge in [0.15, 0.2) is 0 Å². The second-order valence-corrected chi connectivity index (χ2v) is 2.58. The Morgan fingerprint density at radius 3 is 1.69 bits per heavy atom. The van der Waals surface area contributed by atoms with E-state index in [9.17, 15) is 0 Å². The van der Waals surface area contributed by atoms with Crippen LogP contribution in [-0.4, -0.2) is 63.1 Å². The number of hydrogen-bond acceptors (Lipinski definition) is 6. The highest BCUT2D eigenvalue weighted by atomic mass is 35.5. The van der Waals surface area contributed by atoms with Crippen LogP contribution < -0.4 is 5.73 Å². The average Bonchev–Trinajstić information content (AvgIpc) is 2.12. The third-order valence-electron chi connectivity index (χ3n) is 1.58. The van der Waals surface area contributed by atoms with Crippen LogP contribution >= 0.6 is 12.4 Å². The zero-order valence-electron chi connectivity index (χ0n) is 6.95. The molecule has 0 aromatic rings. The fourth-order valence-electron chi connectivity index (χ4n) is 0.697. The second kappa shape index (κ2) is 7.45. The van der Waals surface area contributed by atoms with Gasteiger partial charge in [-0.15, -0.1) is 12.4 Å². The summed E-state index contributed by atoms with van der Waals surface area (Å²) in [6, 6.07) is -1.03. The molecule has 0 rings (SSSR count). The summed E-state index contributed by atoms with van der Waals surface area (Å²) < 4.78 is 0. The van der Waals surface area contributed by atoms with Gasteiger partial charge in [0.1, 0.15) is 12.2 Å². The normalized spacial score (nSPS) is 19.8. The summed E-state index contributed by atoms with van der Waals surface area (Å²) in [6.07, 6.45) is -4.44. The van der Waals surface area contributed by atoms with Gasteiger partial charge in [0.05, 0.1) is 25.4 Å². The molecule has 4 atom stereocenters. The van der Waals surface area contributed by atoms with Gasteiger partial charge in [-0.3, -0.25) is 0 Å². The monoisotopic (exact) mass is 217 g/mol. The lowest BCUT2D eigenvalue weighted by Gasteiger charge is -2.24. The van der Waals surface area contributed by atoms with E-state index < -0.39 is 37.6 Å². The van der Waals surface area contributed by atoms with Crippen molar-refractivity contribution < 1.29 is 25.5 Å². The number of halogens is 1. The van der Waals surface area contributed by atoms with Crippen molar-refractivity contribution in [3.63, 3.8) is 0 Å². The Morgan fingerprint density at radius 1 is 0.923 bits per heavy atom. The maximum atomic E-state index is 9.08. The quantitative estimate of drug-likeness (QED) is 0.288. The second-order valence-electron chi connectivity index (χ2n) is 2.58. The summed E-state index contributed by atoms with van der Waals surface area (Å²) in [6.45, 7) is -1.17. The first kappa shape index (κ1) is 15.5. The van der Waals surface area contributed by atoms with Crippen molar-refractivity contribution in [3.05, 3.63) is 0 Å². The van der Waals surface area contributed by atoms with Crippen molar-refractivity contribution in [1.29, 1.82) is 0 Å². The zero-order valence-corrected chi connectivity index (χ0v) is 7.76. The van der Waals surface area contributed by atoms with Gasteiger partial charge in [-0.05, 0) is 0 Å². The summed E-state index contributed by atoms with van der Waals surface area (Å²) >= 11 is 0. The summed E-state index contributed by atoms with van der Waals surface area (Å²) in [5.41, 5.74) is 5.16. The van der Waals surface area contributed by atoms with E-state index in [4.69, 9.17) is 31.3 Å². The van der Waals surface area contributed by atoms with Gasteiger partial charge >= 0.3 is 0 Å². The molecule has 0 saturated carbocycles. The molecule has 7 heteroatoms. The van der Waals surface area contributed by atoms with Crippen molar-refractivity contribution in [3.8, 4) is 0 Å². The van der Waals surface area contributed by atoms with E-state index in [-0.39, 0.29) is 12.4 Å². The Morgan fingerprint density at radius 2 is 1.38 bits per heavy atom. The number of aliphatic hydroxyl groups excluding tert-OH is 5. The maximum Gasteiger partial charge on any atom is 0.110 e. The third kappa shape index (κ3) is 4.72. The molecule has 13 heavy (non-hydrogen) atoms. The van der Waals surface area contributed by atoms with E-state index in [2.05, 4.69) is 0 Å². The molecule has 0 aromatic heterocycles. The van der Waals surface area contributed by atoms with Gasteiger partial charge in [-0.25, -0.2) is 0 Å². The molecule has 0 aromatic carbocycles. The van der Waals surface area contributed by atoms with Crippen LogP contribution in [0.4, 0.5) is 0 Å². The molecule has 0 radical (unpaired) electrons. The molecule has 0 saturated heterocycles. The summed E-state index contributed by atoms with van der Waals surface area (Å²) in [5, 5.41) is 43.8. The van der Waals surface area contributed by atoms with Crippen LogP contribution in [0, 0.1) is 0 Å². The number of hydrogen-bond donors (Lipinski definition) is 6. The van der Waals surface area contributed by atoms with E-state index in [1.54, 1.807) is 0 Å². The van der Waals surface area contributed by atoms with Crippen LogP contribution in [-0.2, 0) is 0 Å². The Labute approximate surface area is 82.0 Å². The molecule has 0 aliphatic heterocycles. The molecule has 0 aliphatic rings. The Hall–Kier alpha value is 0.0500. The summed E-state index contributed by atoms with van der Waals surface area (Å²) in [7, 11) is 0. The van der Waals surface area contributed by atoms with Crippen LogP contribution in [0.2, 0.25) is 0 Å². The predicted molar refractivity (Wildman–Crippen MR) is 47.4 cm³/mol. The van der Waals surface area contributed by atoms with Crippen LogP contribution in [0.1, 0.15) is 0 Å². The van der Waals surface area contributed by atoms with E-state index in [0.29, 0.717) is 0 Å². The highest BCUT2D eigenvalue weighted by molar-refractivity contribution is 5.85. The van der Waals surface area contributed by atoms with Gasteiger partial charge in [-0.2, -0.15) is 0 Å². The fourth-order valence-corrected chi connectivity index (χ4v) is 0.697. The van der Waals surface area contributed by atoms with Gasteiger partial charge in [0, 0.05) is 0 Å². The molecular formula is C6H16ClNO5. The van der Waals surface area contributed by atoms with Gasteiger partial charge in [0.25, 0.3) is 0 Å². The van der Waals surface area contributed by atoms with Crippen molar-refractivity contribution in [2.45, 2.75) is 24.4 Å². The summed E-state index contributed by atoms with van der Waals surface area (Å²) in [4.78, 5) is 0. The highest BCUT2D eigenvalue weighted by Crippen LogP contribution is 2.02. The zero-order chi connectivity index (χ0) is 9.72. The maximum absolute atomic E-state index is 9.08. The van der Waals surface area contributed by atoms with Gasteiger partial charge < -0.3 is 31.3 Å². The first-order chi connectivity index (χ1) is 5.54. The Kier molecular flexibility index (Phi) is 8.90. The minimum absolute atomic E-state index is 0. The van der Waals surface area contributed by atoms with Gasteiger partial charge in [-0.1, -0.05) is 0 Å². The molecule has 82 valence electrons. The standard InChI is InChI=1S/C6H15NO5.ClH/c7-3(1-8)5(11)6(12)4(10)2-9;/h3-6,8-12H,1-2,7H2;1H. The first-order valence-corrected chi connectivity index (χ1v) is 3.56. The summed E-state index contributed by atoms with van der Waals surface area (Å²) in [5.74, 6) is 0. The molecule has 0 aliphatic carbocycles.